The van der Waals surface area contributed by atoms with Crippen LogP contribution in [0.3, 0.4) is 0 Å². The first-order valence-corrected chi connectivity index (χ1v) is 9.28. The molecule has 2 unspecified atom stereocenters. The Morgan fingerprint density at radius 2 is 1.75 bits per heavy atom. The van der Waals surface area contributed by atoms with Crippen molar-refractivity contribution in [3.63, 3.8) is 0 Å². The lowest BCUT2D eigenvalue weighted by Gasteiger charge is -2.19. The number of nitrogens with one attached hydrogen (secondary N) is 1. The van der Waals surface area contributed by atoms with Crippen molar-refractivity contribution in [1.82, 2.24) is 5.32 Å². The lowest BCUT2D eigenvalue weighted by atomic mass is 10.1. The highest BCUT2D eigenvalue weighted by Gasteiger charge is 2.62. The lowest BCUT2D eigenvalue weighted by Crippen LogP contribution is -2.44. The van der Waals surface area contributed by atoms with E-state index in [0.717, 1.165) is 5.56 Å². The Kier molecular flexibility index (Phi) is 5.51. The largest absolute Gasteiger partial charge is 0.493 e. The van der Waals surface area contributed by atoms with E-state index in [9.17, 15) is 14.7 Å². The van der Waals surface area contributed by atoms with Crippen molar-refractivity contribution in [2.45, 2.75) is 17.9 Å². The minimum Gasteiger partial charge on any atom is -0.493 e. The number of rotatable bonds is 7. The fourth-order valence-corrected chi connectivity index (χ4v) is 3.97. The molecule has 0 heterocycles. The monoisotopic (exact) mass is 449 g/mol. The van der Waals surface area contributed by atoms with Gasteiger partial charge >= 0.3 is 5.97 Å². The highest BCUT2D eigenvalue weighted by molar-refractivity contribution is 9.10. The molecule has 0 bridgehead atoms. The zero-order valence-electron chi connectivity index (χ0n) is 15.6. The van der Waals surface area contributed by atoms with E-state index < -0.39 is 17.4 Å². The summed E-state index contributed by atoms with van der Waals surface area (Å²) in [7, 11) is 4.34. The van der Waals surface area contributed by atoms with Gasteiger partial charge in [-0.25, -0.2) is 4.79 Å². The van der Waals surface area contributed by atoms with Crippen LogP contribution in [0.15, 0.2) is 40.9 Å². The van der Waals surface area contributed by atoms with Gasteiger partial charge in [-0.15, -0.1) is 0 Å². The molecule has 1 fully saturated rings. The van der Waals surface area contributed by atoms with Gasteiger partial charge in [0.15, 0.2) is 11.5 Å². The second kappa shape index (κ2) is 7.71. The third-order valence-electron chi connectivity index (χ3n) is 4.90. The first-order chi connectivity index (χ1) is 13.4. The summed E-state index contributed by atoms with van der Waals surface area (Å²) in [4.78, 5) is 25.0. The van der Waals surface area contributed by atoms with Gasteiger partial charge in [0.25, 0.3) is 5.91 Å². The van der Waals surface area contributed by atoms with Crippen molar-refractivity contribution in [2.24, 2.45) is 0 Å². The van der Waals surface area contributed by atoms with E-state index in [1.807, 2.05) is 30.3 Å². The maximum absolute atomic E-state index is 13.0. The summed E-state index contributed by atoms with van der Waals surface area (Å²) in [6, 6.07) is 10.7. The van der Waals surface area contributed by atoms with Gasteiger partial charge < -0.3 is 24.6 Å². The number of carbonyl (C=O) groups is 2. The molecule has 28 heavy (non-hydrogen) atoms. The predicted molar refractivity (Wildman–Crippen MR) is 105 cm³/mol. The number of amides is 1. The van der Waals surface area contributed by atoms with Crippen molar-refractivity contribution in [2.75, 3.05) is 21.3 Å². The van der Waals surface area contributed by atoms with Crippen LogP contribution >= 0.6 is 15.9 Å². The molecule has 0 aromatic heterocycles. The molecule has 1 aliphatic carbocycles. The molecular formula is C20H20BrNO6. The molecule has 2 atom stereocenters. The SMILES string of the molecule is COc1cc(C(=O)NC2(C(=O)O)CC2c2ccccc2)c(Br)c(OC)c1OC. The summed E-state index contributed by atoms with van der Waals surface area (Å²) in [5.74, 6) is -1.00. The summed E-state index contributed by atoms with van der Waals surface area (Å²) in [5.41, 5.74) is -0.291. The minimum absolute atomic E-state index is 0.189. The average molecular weight is 450 g/mol. The Hall–Kier alpha value is -2.74. The maximum Gasteiger partial charge on any atom is 0.330 e. The number of carbonyl (C=O) groups excluding carboxylic acids is 1. The fraction of sp³-hybridized carbons (Fsp3) is 0.300. The fourth-order valence-electron chi connectivity index (χ4n) is 3.33. The van der Waals surface area contributed by atoms with Crippen LogP contribution in [0.1, 0.15) is 28.3 Å². The van der Waals surface area contributed by atoms with E-state index in [1.54, 1.807) is 0 Å². The molecule has 7 nitrogen and oxygen atoms in total. The van der Waals surface area contributed by atoms with Crippen molar-refractivity contribution in [3.8, 4) is 17.2 Å². The molecule has 2 N–H and O–H groups in total. The Balaban J connectivity index is 1.95. The van der Waals surface area contributed by atoms with Gasteiger partial charge in [-0.05, 0) is 34.0 Å². The van der Waals surface area contributed by atoms with Gasteiger partial charge in [-0.2, -0.15) is 0 Å². The van der Waals surface area contributed by atoms with E-state index in [2.05, 4.69) is 21.2 Å². The highest BCUT2D eigenvalue weighted by atomic mass is 79.9. The first-order valence-electron chi connectivity index (χ1n) is 8.49. The summed E-state index contributed by atoms with van der Waals surface area (Å²) in [6.45, 7) is 0. The van der Waals surface area contributed by atoms with Crippen LogP contribution in [0.5, 0.6) is 17.2 Å². The van der Waals surface area contributed by atoms with Crippen LogP contribution in [-0.2, 0) is 4.79 Å². The number of halogens is 1. The molecule has 2 aromatic rings. The molecular weight excluding hydrogens is 430 g/mol. The molecule has 0 saturated heterocycles. The number of benzene rings is 2. The van der Waals surface area contributed by atoms with E-state index >= 15 is 0 Å². The van der Waals surface area contributed by atoms with E-state index in [0.29, 0.717) is 22.4 Å². The summed E-state index contributed by atoms with van der Waals surface area (Å²) in [6.07, 6.45) is 0.320. The van der Waals surface area contributed by atoms with Crippen LogP contribution in [0.2, 0.25) is 0 Å². The van der Waals surface area contributed by atoms with Crippen LogP contribution < -0.4 is 19.5 Å². The smallest absolute Gasteiger partial charge is 0.330 e. The van der Waals surface area contributed by atoms with Crippen molar-refractivity contribution in [1.29, 1.82) is 0 Å². The summed E-state index contributed by atoms with van der Waals surface area (Å²) in [5, 5.41) is 12.5. The van der Waals surface area contributed by atoms with Gasteiger partial charge in [0.05, 0.1) is 31.4 Å². The molecule has 0 aliphatic heterocycles. The van der Waals surface area contributed by atoms with Crippen LogP contribution in [0.25, 0.3) is 0 Å². The molecule has 1 aliphatic rings. The minimum atomic E-state index is -1.35. The van der Waals surface area contributed by atoms with Gasteiger partial charge in [-0.1, -0.05) is 30.3 Å². The molecule has 0 spiro atoms. The Morgan fingerprint density at radius 3 is 2.29 bits per heavy atom. The second-order valence-electron chi connectivity index (χ2n) is 6.40. The number of carboxylic acid groups (broad SMARTS) is 1. The third kappa shape index (κ3) is 3.28. The van der Waals surface area contributed by atoms with E-state index in [4.69, 9.17) is 14.2 Å². The van der Waals surface area contributed by atoms with Gasteiger partial charge in [0.1, 0.15) is 5.54 Å². The average Bonchev–Trinajstić information content (AvgIpc) is 3.43. The number of ether oxygens (including phenoxy) is 3. The highest BCUT2D eigenvalue weighted by Crippen LogP contribution is 2.52. The van der Waals surface area contributed by atoms with Crippen molar-refractivity contribution < 1.29 is 28.9 Å². The first kappa shape index (κ1) is 20.0. The van der Waals surface area contributed by atoms with Crippen LogP contribution in [0, 0.1) is 0 Å². The van der Waals surface area contributed by atoms with Crippen molar-refractivity contribution >= 4 is 27.8 Å². The Morgan fingerprint density at radius 1 is 1.11 bits per heavy atom. The van der Waals surface area contributed by atoms with Crippen molar-refractivity contribution in [3.05, 3.63) is 52.0 Å². The summed E-state index contributed by atoms with van der Waals surface area (Å²) >= 11 is 3.35. The predicted octanol–water partition coefficient (Wildman–Crippen LogP) is 3.22. The van der Waals surface area contributed by atoms with Crippen LogP contribution in [0.4, 0.5) is 0 Å². The third-order valence-corrected chi connectivity index (χ3v) is 5.68. The molecule has 1 amide bonds. The van der Waals surface area contributed by atoms with Gasteiger partial charge in [0, 0.05) is 5.92 Å². The van der Waals surface area contributed by atoms with E-state index in [-0.39, 0.29) is 17.2 Å². The zero-order valence-corrected chi connectivity index (χ0v) is 17.2. The normalized spacial score (nSPS) is 20.2. The van der Waals surface area contributed by atoms with Gasteiger partial charge in [0.2, 0.25) is 5.75 Å². The second-order valence-corrected chi connectivity index (χ2v) is 7.20. The molecule has 0 radical (unpaired) electrons. The number of hydrogen-bond acceptors (Lipinski definition) is 5. The Labute approximate surface area is 170 Å². The lowest BCUT2D eigenvalue weighted by molar-refractivity contribution is -0.140. The molecule has 2 aromatic carbocycles. The quantitative estimate of drug-likeness (QED) is 0.673. The number of aliphatic carboxylic acids is 1. The molecule has 148 valence electrons. The maximum atomic E-state index is 13.0. The van der Waals surface area contributed by atoms with Crippen LogP contribution in [-0.4, -0.2) is 43.9 Å². The number of methoxy groups -OCH3 is 3. The summed E-state index contributed by atoms with van der Waals surface area (Å²) < 4.78 is 16.3. The molecule has 3 rings (SSSR count). The standard InChI is InChI=1S/C20H20BrNO6/c1-26-14-9-12(15(21)17(28-3)16(14)27-2)18(23)22-20(19(24)25)10-13(20)11-7-5-4-6-8-11/h4-9,13H,10H2,1-3H3,(H,22,23)(H,24,25). The topological polar surface area (TPSA) is 94.1 Å². The molecule has 1 saturated carbocycles. The number of carboxylic acids is 1. The number of hydrogen-bond donors (Lipinski definition) is 2. The van der Waals surface area contributed by atoms with E-state index in [1.165, 1.54) is 27.4 Å². The zero-order chi connectivity index (χ0) is 20.5. The molecule has 8 heteroatoms. The van der Waals surface area contributed by atoms with Gasteiger partial charge in [-0.3, -0.25) is 4.79 Å². The Bertz CT molecular complexity index is 917.